The summed E-state index contributed by atoms with van der Waals surface area (Å²) < 4.78 is 13.1. The number of nitriles is 1. The van der Waals surface area contributed by atoms with Crippen LogP contribution in [0, 0.1) is 17.1 Å². The molecule has 0 heterocycles. The number of hydrogen-bond acceptors (Lipinski definition) is 3. The molecule has 0 atom stereocenters. The molecule has 4 nitrogen and oxygen atoms in total. The van der Waals surface area contributed by atoms with Gasteiger partial charge in [0.05, 0.1) is 12.7 Å². The largest absolute Gasteiger partial charge is 0.277 e. The molecule has 5 heteroatoms. The Labute approximate surface area is 86.4 Å². The first kappa shape index (κ1) is 11.1. The summed E-state index contributed by atoms with van der Waals surface area (Å²) in [6.45, 7) is 0. The molecule has 0 fully saturated rings. The molecule has 15 heavy (non-hydrogen) atoms. The Hall–Kier alpha value is -1.93. The highest BCUT2D eigenvalue weighted by Gasteiger charge is 2.13. The molecule has 0 N–H and O–H groups in total. The van der Waals surface area contributed by atoms with Gasteiger partial charge in [-0.1, -0.05) is 0 Å². The number of halogens is 1. The van der Waals surface area contributed by atoms with E-state index in [-0.39, 0.29) is 11.1 Å². The van der Waals surface area contributed by atoms with E-state index in [0.717, 1.165) is 11.1 Å². The van der Waals surface area contributed by atoms with Gasteiger partial charge in [0.1, 0.15) is 11.9 Å². The van der Waals surface area contributed by atoms with E-state index in [0.29, 0.717) is 0 Å². The molecule has 0 saturated carbocycles. The summed E-state index contributed by atoms with van der Waals surface area (Å²) >= 11 is 0. The highest BCUT2D eigenvalue weighted by molar-refractivity contribution is 5.93. The maximum Gasteiger partial charge on any atom is 0.277 e. The third-order valence-electron chi connectivity index (χ3n) is 1.90. The number of amides is 1. The molecule has 0 spiro atoms. The fraction of sp³-hybridized carbons (Fsp3) is 0.200. The first-order chi connectivity index (χ1) is 7.10. The molecule has 0 radical (unpaired) electrons. The minimum absolute atomic E-state index is 0.0911. The topological polar surface area (TPSA) is 53.3 Å². The van der Waals surface area contributed by atoms with Crippen molar-refractivity contribution in [3.05, 3.63) is 35.1 Å². The van der Waals surface area contributed by atoms with E-state index < -0.39 is 11.7 Å². The van der Waals surface area contributed by atoms with Gasteiger partial charge in [-0.2, -0.15) is 5.26 Å². The van der Waals surface area contributed by atoms with Crippen LogP contribution in [-0.4, -0.2) is 25.1 Å². The molecule has 0 aliphatic heterocycles. The van der Waals surface area contributed by atoms with Crippen molar-refractivity contribution in [3.63, 3.8) is 0 Å². The fourth-order valence-electron chi connectivity index (χ4n) is 1.00. The summed E-state index contributed by atoms with van der Waals surface area (Å²) in [6.07, 6.45) is 0. The summed E-state index contributed by atoms with van der Waals surface area (Å²) in [4.78, 5) is 16.1. The van der Waals surface area contributed by atoms with Gasteiger partial charge >= 0.3 is 0 Å². The number of rotatable bonds is 2. The minimum atomic E-state index is -0.715. The van der Waals surface area contributed by atoms with Crippen LogP contribution in [0.15, 0.2) is 18.2 Å². The van der Waals surface area contributed by atoms with Crippen LogP contribution in [0.25, 0.3) is 0 Å². The fourth-order valence-corrected chi connectivity index (χ4v) is 1.00. The van der Waals surface area contributed by atoms with Crippen molar-refractivity contribution in [1.29, 1.82) is 5.26 Å². The summed E-state index contributed by atoms with van der Waals surface area (Å²) in [5.74, 6) is -1.19. The highest BCUT2D eigenvalue weighted by atomic mass is 19.1. The third kappa shape index (κ3) is 2.30. The summed E-state index contributed by atoms with van der Waals surface area (Å²) in [5, 5.41) is 9.47. The predicted octanol–water partition coefficient (Wildman–Crippen LogP) is 1.33. The zero-order chi connectivity index (χ0) is 11.4. The van der Waals surface area contributed by atoms with Crippen molar-refractivity contribution in [1.82, 2.24) is 5.06 Å². The molecule has 78 valence electrons. The second kappa shape index (κ2) is 4.53. The average molecular weight is 208 g/mol. The van der Waals surface area contributed by atoms with E-state index in [1.807, 2.05) is 0 Å². The molecule has 1 aromatic rings. The lowest BCUT2D eigenvalue weighted by Crippen LogP contribution is -2.25. The molecule has 1 amide bonds. The lowest BCUT2D eigenvalue weighted by Gasteiger charge is -2.13. The van der Waals surface area contributed by atoms with Crippen LogP contribution in [0.2, 0.25) is 0 Å². The summed E-state index contributed by atoms with van der Waals surface area (Å²) in [7, 11) is 2.75. The lowest BCUT2D eigenvalue weighted by molar-refractivity contribution is -0.0757. The van der Waals surface area contributed by atoms with Gasteiger partial charge in [-0.05, 0) is 18.2 Å². The molecule has 0 unspecified atom stereocenters. The molecular formula is C10H9FN2O2. The van der Waals surface area contributed by atoms with Gasteiger partial charge in [0.15, 0.2) is 0 Å². The second-order valence-electron chi connectivity index (χ2n) is 2.79. The van der Waals surface area contributed by atoms with E-state index in [4.69, 9.17) is 5.26 Å². The van der Waals surface area contributed by atoms with Gasteiger partial charge in [-0.3, -0.25) is 9.63 Å². The molecule has 0 aliphatic rings. The molecule has 0 saturated heterocycles. The maximum atomic E-state index is 13.1. The zero-order valence-electron chi connectivity index (χ0n) is 8.32. The Morgan fingerprint density at radius 2 is 2.27 bits per heavy atom. The second-order valence-corrected chi connectivity index (χ2v) is 2.79. The third-order valence-corrected chi connectivity index (χ3v) is 1.90. The van der Waals surface area contributed by atoms with Gasteiger partial charge in [0.2, 0.25) is 0 Å². The Kier molecular flexibility index (Phi) is 3.37. The van der Waals surface area contributed by atoms with Gasteiger partial charge in [-0.25, -0.2) is 9.45 Å². The lowest BCUT2D eigenvalue weighted by atomic mass is 10.1. The first-order valence-corrected chi connectivity index (χ1v) is 4.12. The van der Waals surface area contributed by atoms with E-state index in [9.17, 15) is 9.18 Å². The van der Waals surface area contributed by atoms with Crippen molar-refractivity contribution in [3.8, 4) is 6.07 Å². The van der Waals surface area contributed by atoms with Crippen LogP contribution in [0.3, 0.4) is 0 Å². The van der Waals surface area contributed by atoms with Crippen molar-refractivity contribution in [2.24, 2.45) is 0 Å². The Morgan fingerprint density at radius 3 is 2.73 bits per heavy atom. The SMILES string of the molecule is CON(C)C(=O)c1ccc(C#N)c(F)c1. The van der Waals surface area contributed by atoms with Gasteiger partial charge in [-0.15, -0.1) is 0 Å². The van der Waals surface area contributed by atoms with Crippen LogP contribution in [-0.2, 0) is 4.84 Å². The van der Waals surface area contributed by atoms with Gasteiger partial charge < -0.3 is 0 Å². The van der Waals surface area contributed by atoms with Crippen molar-refractivity contribution < 1.29 is 14.0 Å². The normalized spacial score (nSPS) is 9.47. The maximum absolute atomic E-state index is 13.1. The van der Waals surface area contributed by atoms with Gasteiger partial charge in [0.25, 0.3) is 5.91 Å². The predicted molar refractivity (Wildman–Crippen MR) is 50.2 cm³/mol. The van der Waals surface area contributed by atoms with Crippen molar-refractivity contribution in [2.45, 2.75) is 0 Å². The number of hydrogen-bond donors (Lipinski definition) is 0. The smallest absolute Gasteiger partial charge is 0.274 e. The zero-order valence-corrected chi connectivity index (χ0v) is 8.32. The van der Waals surface area contributed by atoms with Crippen LogP contribution in [0.5, 0.6) is 0 Å². The van der Waals surface area contributed by atoms with Crippen molar-refractivity contribution >= 4 is 5.91 Å². The highest BCUT2D eigenvalue weighted by Crippen LogP contribution is 2.11. The molecule has 1 aromatic carbocycles. The van der Waals surface area contributed by atoms with E-state index in [2.05, 4.69) is 4.84 Å². The number of carbonyl (C=O) groups is 1. The Morgan fingerprint density at radius 1 is 1.60 bits per heavy atom. The van der Waals surface area contributed by atoms with E-state index >= 15 is 0 Å². The molecule has 1 rings (SSSR count). The first-order valence-electron chi connectivity index (χ1n) is 4.12. The Balaban J connectivity index is 3.04. The Bertz CT molecular complexity index is 426. The van der Waals surface area contributed by atoms with Crippen LogP contribution < -0.4 is 0 Å². The standard InChI is InChI=1S/C10H9FN2O2/c1-13(15-2)10(14)7-3-4-8(6-12)9(11)5-7/h3-5H,1-2H3. The number of nitrogens with zero attached hydrogens (tertiary/aromatic N) is 2. The quantitative estimate of drug-likeness (QED) is 0.689. The number of hydroxylamine groups is 2. The molecule has 0 bridgehead atoms. The van der Waals surface area contributed by atoms with Gasteiger partial charge in [0, 0.05) is 12.6 Å². The van der Waals surface area contributed by atoms with E-state index in [1.54, 1.807) is 6.07 Å². The monoisotopic (exact) mass is 208 g/mol. The number of carbonyl (C=O) groups excluding carboxylic acids is 1. The van der Waals surface area contributed by atoms with E-state index in [1.165, 1.54) is 26.3 Å². The van der Waals surface area contributed by atoms with Crippen LogP contribution in [0.4, 0.5) is 4.39 Å². The summed E-state index contributed by atoms with van der Waals surface area (Å²) in [5.41, 5.74) is 0.0440. The summed E-state index contributed by atoms with van der Waals surface area (Å²) in [6, 6.07) is 5.31. The molecular weight excluding hydrogens is 199 g/mol. The molecule has 0 aromatic heterocycles. The molecule has 0 aliphatic carbocycles. The van der Waals surface area contributed by atoms with Crippen LogP contribution in [0.1, 0.15) is 15.9 Å². The van der Waals surface area contributed by atoms with Crippen molar-refractivity contribution in [2.75, 3.05) is 14.2 Å². The van der Waals surface area contributed by atoms with Crippen LogP contribution >= 0.6 is 0 Å². The minimum Gasteiger partial charge on any atom is -0.274 e. The average Bonchev–Trinajstić information content (AvgIpc) is 2.26. The number of benzene rings is 1.